The van der Waals surface area contributed by atoms with Crippen LogP contribution in [0.3, 0.4) is 0 Å². The fourth-order valence-corrected chi connectivity index (χ4v) is 11.4. The highest BCUT2D eigenvalue weighted by atomic mass is 15.1. The number of anilines is 3. The Morgan fingerprint density at radius 2 is 0.941 bits per heavy atom. The highest BCUT2D eigenvalue weighted by Crippen LogP contribution is 2.69. The highest BCUT2D eigenvalue weighted by molar-refractivity contribution is 5.97. The zero-order valence-electron chi connectivity index (χ0n) is 28.9. The van der Waals surface area contributed by atoms with Crippen molar-refractivity contribution in [3.8, 4) is 33.4 Å². The summed E-state index contributed by atoms with van der Waals surface area (Å²) in [6, 6.07) is 61.3. The molecule has 0 amide bonds. The monoisotopic (exact) mass is 655 g/mol. The summed E-state index contributed by atoms with van der Waals surface area (Å²) in [5.41, 5.74) is 14.9. The highest BCUT2D eigenvalue weighted by Gasteiger charge is 2.61. The molecule has 0 saturated heterocycles. The number of hydrogen-bond acceptors (Lipinski definition) is 1. The number of nitrogens with zero attached hydrogens (tertiary/aromatic N) is 1. The van der Waals surface area contributed by atoms with Gasteiger partial charge < -0.3 is 4.90 Å². The Hall–Kier alpha value is -5.40. The molecule has 1 spiro atoms. The van der Waals surface area contributed by atoms with Crippen molar-refractivity contribution in [3.05, 3.63) is 175 Å². The smallest absolute Gasteiger partial charge is 0.0468 e. The van der Waals surface area contributed by atoms with Crippen molar-refractivity contribution in [1.82, 2.24) is 0 Å². The van der Waals surface area contributed by atoms with Gasteiger partial charge in [-0.25, -0.2) is 0 Å². The van der Waals surface area contributed by atoms with E-state index >= 15 is 0 Å². The Kier molecular flexibility index (Phi) is 6.50. The third-order valence-corrected chi connectivity index (χ3v) is 13.3. The lowest BCUT2D eigenvalue weighted by Gasteiger charge is -2.61. The van der Waals surface area contributed by atoms with E-state index in [1.165, 1.54) is 93.3 Å². The molecular formula is C50H41N. The van der Waals surface area contributed by atoms with E-state index < -0.39 is 0 Å². The van der Waals surface area contributed by atoms with Gasteiger partial charge >= 0.3 is 0 Å². The summed E-state index contributed by atoms with van der Waals surface area (Å²) < 4.78 is 0. The van der Waals surface area contributed by atoms with Crippen LogP contribution in [0.4, 0.5) is 17.1 Å². The van der Waals surface area contributed by atoms with E-state index in [0.717, 1.165) is 23.7 Å². The van der Waals surface area contributed by atoms with Gasteiger partial charge in [-0.2, -0.15) is 0 Å². The molecule has 4 saturated carbocycles. The fourth-order valence-electron chi connectivity index (χ4n) is 11.4. The van der Waals surface area contributed by atoms with Gasteiger partial charge in [0.25, 0.3) is 0 Å². The van der Waals surface area contributed by atoms with Crippen LogP contribution < -0.4 is 4.90 Å². The van der Waals surface area contributed by atoms with Crippen molar-refractivity contribution in [2.45, 2.75) is 37.5 Å². The molecule has 0 radical (unpaired) electrons. The molecule has 4 fully saturated rings. The minimum absolute atomic E-state index is 0.181. The molecule has 1 heteroatoms. The van der Waals surface area contributed by atoms with E-state index in [9.17, 15) is 0 Å². The van der Waals surface area contributed by atoms with Crippen LogP contribution in [0, 0.1) is 23.7 Å². The molecule has 7 aromatic rings. The van der Waals surface area contributed by atoms with Gasteiger partial charge in [0.1, 0.15) is 0 Å². The molecular weight excluding hydrogens is 615 g/mol. The van der Waals surface area contributed by atoms with Crippen LogP contribution in [-0.2, 0) is 5.41 Å². The molecule has 5 aliphatic rings. The molecule has 1 nitrogen and oxygen atoms in total. The Balaban J connectivity index is 1.05. The van der Waals surface area contributed by atoms with Crippen molar-refractivity contribution in [1.29, 1.82) is 0 Å². The van der Waals surface area contributed by atoms with Crippen molar-refractivity contribution in [3.63, 3.8) is 0 Å². The van der Waals surface area contributed by atoms with Crippen LogP contribution in [0.2, 0.25) is 0 Å². The van der Waals surface area contributed by atoms with Crippen LogP contribution >= 0.6 is 0 Å². The summed E-state index contributed by atoms with van der Waals surface area (Å²) in [7, 11) is 0. The van der Waals surface area contributed by atoms with Crippen LogP contribution in [0.25, 0.3) is 44.2 Å². The van der Waals surface area contributed by atoms with Gasteiger partial charge in [-0.15, -0.1) is 0 Å². The average molecular weight is 656 g/mol. The number of benzene rings is 7. The molecule has 5 aliphatic carbocycles. The Labute approximate surface area is 301 Å². The quantitative estimate of drug-likeness (QED) is 0.178. The van der Waals surface area contributed by atoms with Gasteiger partial charge in [-0.05, 0) is 147 Å². The molecule has 0 N–H and O–H groups in total. The van der Waals surface area contributed by atoms with Gasteiger partial charge in [0, 0.05) is 22.5 Å². The lowest BCUT2D eigenvalue weighted by Crippen LogP contribution is -2.55. The van der Waals surface area contributed by atoms with Gasteiger partial charge in [0.2, 0.25) is 0 Å². The number of hydrogen-bond donors (Lipinski definition) is 0. The second-order valence-corrected chi connectivity index (χ2v) is 15.8. The fraction of sp³-hybridized carbons (Fsp3) is 0.200. The third kappa shape index (κ3) is 4.40. The summed E-state index contributed by atoms with van der Waals surface area (Å²) in [5, 5.41) is 2.56. The molecule has 12 rings (SSSR count). The van der Waals surface area contributed by atoms with Crippen molar-refractivity contribution < 1.29 is 0 Å². The SMILES string of the molecule is c1ccc(-c2ccc(N(c3ccc(-c4cccc5ccccc45)cc3)c3ccc4c(c3)-c3ccccc3C43C4CC5CC(C4)CC3C5)cc2)cc1. The normalized spacial score (nSPS) is 23.8. The van der Waals surface area contributed by atoms with Crippen molar-refractivity contribution >= 4 is 27.8 Å². The molecule has 0 heterocycles. The van der Waals surface area contributed by atoms with Gasteiger partial charge in [-0.1, -0.05) is 127 Å². The van der Waals surface area contributed by atoms with E-state index in [4.69, 9.17) is 0 Å². The Morgan fingerprint density at radius 1 is 0.392 bits per heavy atom. The van der Waals surface area contributed by atoms with Crippen LogP contribution in [0.5, 0.6) is 0 Å². The second-order valence-electron chi connectivity index (χ2n) is 15.8. The minimum atomic E-state index is 0.181. The Bertz CT molecular complexity index is 2390. The van der Waals surface area contributed by atoms with Crippen LogP contribution in [-0.4, -0.2) is 0 Å². The van der Waals surface area contributed by atoms with Crippen LogP contribution in [0.1, 0.15) is 43.2 Å². The van der Waals surface area contributed by atoms with Gasteiger partial charge in [0.05, 0.1) is 0 Å². The maximum atomic E-state index is 2.54. The van der Waals surface area contributed by atoms with Crippen molar-refractivity contribution in [2.24, 2.45) is 23.7 Å². The topological polar surface area (TPSA) is 3.24 Å². The Morgan fingerprint density at radius 3 is 1.69 bits per heavy atom. The molecule has 0 unspecified atom stereocenters. The summed E-state index contributed by atoms with van der Waals surface area (Å²) in [6.07, 6.45) is 7.11. The molecule has 4 bridgehead atoms. The predicted octanol–water partition coefficient (Wildman–Crippen LogP) is 13.4. The van der Waals surface area contributed by atoms with Crippen LogP contribution in [0.15, 0.2) is 164 Å². The largest absolute Gasteiger partial charge is 0.310 e. The molecule has 246 valence electrons. The minimum Gasteiger partial charge on any atom is -0.310 e. The maximum Gasteiger partial charge on any atom is 0.0468 e. The summed E-state index contributed by atoms with van der Waals surface area (Å²) in [5.74, 6) is 3.43. The first-order chi connectivity index (χ1) is 25.2. The summed E-state index contributed by atoms with van der Waals surface area (Å²) >= 11 is 0. The van der Waals surface area contributed by atoms with E-state index in [0.29, 0.717) is 0 Å². The van der Waals surface area contributed by atoms with Gasteiger partial charge in [0.15, 0.2) is 0 Å². The molecule has 51 heavy (non-hydrogen) atoms. The summed E-state index contributed by atoms with van der Waals surface area (Å²) in [4.78, 5) is 2.46. The first-order valence-electron chi connectivity index (χ1n) is 19.0. The van der Waals surface area contributed by atoms with E-state index in [1.807, 2.05) is 0 Å². The van der Waals surface area contributed by atoms with E-state index in [2.05, 4.69) is 169 Å². The van der Waals surface area contributed by atoms with Crippen molar-refractivity contribution in [2.75, 3.05) is 4.90 Å². The summed E-state index contributed by atoms with van der Waals surface area (Å²) in [6.45, 7) is 0. The van der Waals surface area contributed by atoms with E-state index in [-0.39, 0.29) is 5.41 Å². The molecule has 0 atom stereocenters. The lowest BCUT2D eigenvalue weighted by atomic mass is 9.43. The molecule has 0 aromatic heterocycles. The van der Waals surface area contributed by atoms with Gasteiger partial charge in [-0.3, -0.25) is 0 Å². The second kappa shape index (κ2) is 11.3. The zero-order valence-corrected chi connectivity index (χ0v) is 28.9. The third-order valence-electron chi connectivity index (χ3n) is 13.3. The standard InChI is InChI=1S/C50H41N/c1-2-9-35(10-3-1)36-17-21-41(22-18-36)51(42-23-19-38(20-24-42)45-15-8-12-37-11-4-5-13-44(37)45)43-25-26-49-47(32-43)46-14-6-7-16-48(46)50(49)39-28-33-27-34(30-39)31-40(50)29-33/h1-26,32-34,39-40H,27-31H2. The lowest BCUT2D eigenvalue weighted by molar-refractivity contribution is -0.0399. The molecule has 0 aliphatic heterocycles. The first-order valence-corrected chi connectivity index (χ1v) is 19.0. The van der Waals surface area contributed by atoms with E-state index in [1.54, 1.807) is 11.1 Å². The maximum absolute atomic E-state index is 2.54. The number of rotatable bonds is 5. The average Bonchev–Trinajstić information content (AvgIpc) is 3.48. The predicted molar refractivity (Wildman–Crippen MR) is 213 cm³/mol. The first kappa shape index (κ1) is 29.3. The molecule has 7 aromatic carbocycles. The number of fused-ring (bicyclic) bond motifs is 4. The zero-order chi connectivity index (χ0) is 33.5.